The molecule has 1 unspecified atom stereocenters. The Labute approximate surface area is 218 Å². The number of fused-ring (bicyclic) bond motifs is 2. The zero-order valence-electron chi connectivity index (χ0n) is 18.1. The fourth-order valence-corrected chi connectivity index (χ4v) is 5.87. The first kappa shape index (κ1) is 26.3. The summed E-state index contributed by atoms with van der Waals surface area (Å²) in [7, 11) is -4.10. The molecule has 0 radical (unpaired) electrons. The summed E-state index contributed by atoms with van der Waals surface area (Å²) >= 11 is 11.6. The lowest BCUT2D eigenvalue weighted by Crippen LogP contribution is -2.36. The van der Waals surface area contributed by atoms with E-state index in [0.29, 0.717) is 40.3 Å². The SMILES string of the molecule is O=S(O)OCCC[n+]1c(C=C2Oc3ccc(Cl)cc3N2CCCS(=O)(=O)O)sc2ccc(Cl)cc21. The minimum atomic E-state index is -4.10. The second-order valence-corrected chi connectivity index (χ2v) is 11.8. The molecule has 0 aliphatic carbocycles. The Morgan fingerprint density at radius 1 is 1.17 bits per heavy atom. The molecule has 188 valence electrons. The van der Waals surface area contributed by atoms with E-state index in [1.165, 1.54) is 11.3 Å². The molecule has 0 fully saturated rings. The summed E-state index contributed by atoms with van der Waals surface area (Å²) in [5, 5.41) is 1.89. The molecule has 4 rings (SSSR count). The number of aromatic nitrogens is 1. The van der Waals surface area contributed by atoms with E-state index in [1.54, 1.807) is 24.3 Å². The van der Waals surface area contributed by atoms with Crippen LogP contribution in [0.25, 0.3) is 16.3 Å². The molecule has 2 heterocycles. The monoisotopic (exact) mass is 579 g/mol. The Bertz CT molecular complexity index is 1410. The summed E-state index contributed by atoms with van der Waals surface area (Å²) in [5.74, 6) is 0.652. The zero-order valence-corrected chi connectivity index (χ0v) is 22.1. The van der Waals surface area contributed by atoms with E-state index in [0.717, 1.165) is 15.2 Å². The van der Waals surface area contributed by atoms with Crippen molar-refractivity contribution in [3.8, 4) is 5.75 Å². The van der Waals surface area contributed by atoms with Gasteiger partial charge in [0.1, 0.15) is 4.70 Å². The predicted molar refractivity (Wildman–Crippen MR) is 137 cm³/mol. The van der Waals surface area contributed by atoms with Crippen molar-refractivity contribution in [2.45, 2.75) is 19.4 Å². The van der Waals surface area contributed by atoms with Crippen LogP contribution in [0.1, 0.15) is 17.8 Å². The maximum Gasteiger partial charge on any atom is 0.301 e. The maximum atomic E-state index is 11.2. The van der Waals surface area contributed by atoms with Crippen LogP contribution in [0, 0.1) is 0 Å². The molecular weight excluding hydrogens is 559 g/mol. The van der Waals surface area contributed by atoms with Crippen molar-refractivity contribution in [1.29, 1.82) is 0 Å². The summed E-state index contributed by atoms with van der Waals surface area (Å²) < 4.78 is 65.1. The van der Waals surface area contributed by atoms with Crippen LogP contribution in [0.3, 0.4) is 0 Å². The Hall–Kier alpha value is -1.77. The maximum absolute atomic E-state index is 11.2. The van der Waals surface area contributed by atoms with Crippen LogP contribution >= 0.6 is 34.5 Å². The molecule has 1 atom stereocenters. The topological polar surface area (TPSA) is 117 Å². The third kappa shape index (κ3) is 6.71. The van der Waals surface area contributed by atoms with Gasteiger partial charge in [0.25, 0.3) is 15.1 Å². The second kappa shape index (κ2) is 11.1. The van der Waals surface area contributed by atoms with Gasteiger partial charge in [-0.3, -0.25) is 13.3 Å². The number of ether oxygens (including phenoxy) is 1. The number of anilines is 1. The van der Waals surface area contributed by atoms with Crippen molar-refractivity contribution < 1.29 is 35.2 Å². The van der Waals surface area contributed by atoms with Crippen LogP contribution in [0.5, 0.6) is 5.75 Å². The molecule has 1 aliphatic rings. The molecule has 1 aliphatic heterocycles. The lowest BCUT2D eigenvalue weighted by Gasteiger charge is -2.17. The molecule has 9 nitrogen and oxygen atoms in total. The predicted octanol–water partition coefficient (Wildman–Crippen LogP) is 4.51. The standard InChI is InChI=1S/C21H20Cl2N2O7S3/c22-14-3-5-18-16(11-14)24(8-2-10-35(28,29)30)20(32-18)13-21-25(7-1-9-31-34(26)27)17-12-15(23)4-6-19(17)33-21/h3-6,11-13H,1-2,7-10H2,(H-,26,27,28,29,30)/p+1. The largest absolute Gasteiger partial charge is 0.438 e. The third-order valence-corrected chi connectivity index (χ3v) is 7.88. The van der Waals surface area contributed by atoms with E-state index < -0.39 is 21.5 Å². The highest BCUT2D eigenvalue weighted by molar-refractivity contribution is 7.85. The van der Waals surface area contributed by atoms with Crippen molar-refractivity contribution in [3.63, 3.8) is 0 Å². The van der Waals surface area contributed by atoms with Crippen LogP contribution in [-0.2, 0) is 32.2 Å². The summed E-state index contributed by atoms with van der Waals surface area (Å²) in [4.78, 5) is 1.81. The molecule has 0 spiro atoms. The highest BCUT2D eigenvalue weighted by Crippen LogP contribution is 2.41. The van der Waals surface area contributed by atoms with Crippen LogP contribution in [-0.4, -0.2) is 40.6 Å². The fourth-order valence-electron chi connectivity index (χ4n) is 3.69. The van der Waals surface area contributed by atoms with Gasteiger partial charge in [-0.25, -0.2) is 0 Å². The van der Waals surface area contributed by atoms with Crippen LogP contribution in [0.2, 0.25) is 10.0 Å². The lowest BCUT2D eigenvalue weighted by atomic mass is 10.2. The number of thiazole rings is 1. The Balaban J connectivity index is 1.70. The minimum absolute atomic E-state index is 0.0895. The van der Waals surface area contributed by atoms with Gasteiger partial charge < -0.3 is 9.64 Å². The number of benzene rings is 2. The van der Waals surface area contributed by atoms with Crippen LogP contribution < -0.4 is 14.2 Å². The van der Waals surface area contributed by atoms with Gasteiger partial charge in [-0.05, 0) is 36.8 Å². The van der Waals surface area contributed by atoms with Gasteiger partial charge in [0, 0.05) is 29.1 Å². The minimum Gasteiger partial charge on any atom is -0.438 e. The Morgan fingerprint density at radius 2 is 1.91 bits per heavy atom. The van der Waals surface area contributed by atoms with Gasteiger partial charge in [-0.15, -0.1) is 0 Å². The van der Waals surface area contributed by atoms with Crippen molar-refractivity contribution in [1.82, 2.24) is 0 Å². The highest BCUT2D eigenvalue weighted by Gasteiger charge is 2.29. The molecule has 0 bridgehead atoms. The fraction of sp³-hybridized carbons (Fsp3) is 0.286. The number of hydrogen-bond acceptors (Lipinski definition) is 7. The summed E-state index contributed by atoms with van der Waals surface area (Å²) in [5.41, 5.74) is 1.57. The number of nitrogens with zero attached hydrogens (tertiary/aromatic N) is 2. The molecule has 0 saturated heterocycles. The van der Waals surface area contributed by atoms with Crippen LogP contribution in [0.15, 0.2) is 42.3 Å². The summed E-state index contributed by atoms with van der Waals surface area (Å²) in [6.07, 6.45) is 2.48. The van der Waals surface area contributed by atoms with Crippen molar-refractivity contribution in [2.24, 2.45) is 0 Å². The molecule has 35 heavy (non-hydrogen) atoms. The third-order valence-electron chi connectivity index (χ3n) is 5.13. The van der Waals surface area contributed by atoms with E-state index in [9.17, 15) is 12.6 Å². The Morgan fingerprint density at radius 3 is 2.66 bits per heavy atom. The molecule has 0 saturated carbocycles. The van der Waals surface area contributed by atoms with Crippen molar-refractivity contribution >= 4 is 78.0 Å². The molecular formula is C21H21Cl2N2O7S3+. The normalized spacial score (nSPS) is 15.5. The first-order valence-electron chi connectivity index (χ1n) is 10.4. The van der Waals surface area contributed by atoms with Crippen LogP contribution in [0.4, 0.5) is 5.69 Å². The van der Waals surface area contributed by atoms with Gasteiger partial charge in [-0.2, -0.15) is 17.2 Å². The summed E-state index contributed by atoms with van der Waals surface area (Å²) in [6, 6.07) is 10.7. The van der Waals surface area contributed by atoms with Gasteiger partial charge in [-0.1, -0.05) is 34.5 Å². The summed E-state index contributed by atoms with van der Waals surface area (Å²) in [6.45, 7) is 0.844. The van der Waals surface area contributed by atoms with E-state index in [2.05, 4.69) is 0 Å². The van der Waals surface area contributed by atoms with Gasteiger partial charge in [0.15, 0.2) is 12.3 Å². The second-order valence-electron chi connectivity index (χ2n) is 7.58. The molecule has 14 heteroatoms. The number of halogens is 2. The van der Waals surface area contributed by atoms with Gasteiger partial charge in [0.2, 0.25) is 11.4 Å². The van der Waals surface area contributed by atoms with E-state index in [1.807, 2.05) is 27.7 Å². The average molecular weight is 581 g/mol. The Kier molecular flexibility index (Phi) is 8.34. The average Bonchev–Trinajstić information content (AvgIpc) is 3.27. The first-order chi connectivity index (χ1) is 16.6. The molecule has 2 aromatic carbocycles. The van der Waals surface area contributed by atoms with Gasteiger partial charge >= 0.3 is 11.4 Å². The number of aryl methyl sites for hydroxylation is 1. The van der Waals surface area contributed by atoms with Crippen molar-refractivity contribution in [2.75, 3.05) is 23.8 Å². The zero-order chi connectivity index (χ0) is 25.2. The van der Waals surface area contributed by atoms with E-state index in [-0.39, 0.29) is 25.3 Å². The smallest absolute Gasteiger partial charge is 0.301 e. The number of rotatable bonds is 10. The van der Waals surface area contributed by atoms with E-state index >= 15 is 0 Å². The molecule has 0 amide bonds. The van der Waals surface area contributed by atoms with E-state index in [4.69, 9.17) is 41.2 Å². The number of hydrogen-bond donors (Lipinski definition) is 2. The van der Waals surface area contributed by atoms with Gasteiger partial charge in [0.05, 0.1) is 24.1 Å². The highest BCUT2D eigenvalue weighted by atomic mass is 35.5. The molecule has 2 N–H and O–H groups in total. The lowest BCUT2D eigenvalue weighted by molar-refractivity contribution is -0.669. The quantitative estimate of drug-likeness (QED) is 0.156. The van der Waals surface area contributed by atoms with Crippen molar-refractivity contribution in [3.05, 3.63) is 57.3 Å². The molecule has 1 aromatic heterocycles. The molecule has 3 aromatic rings. The first-order valence-corrected chi connectivity index (χ1v) is 14.6.